The van der Waals surface area contributed by atoms with Crippen LogP contribution in [0.5, 0.6) is 0 Å². The Bertz CT molecular complexity index is 2800. The number of nitriles is 1. The van der Waals surface area contributed by atoms with Crippen LogP contribution in [0.1, 0.15) is 30.5 Å². The molecule has 1 aliphatic rings. The van der Waals surface area contributed by atoms with Crippen molar-refractivity contribution in [2.75, 3.05) is 0 Å². The first-order valence-electron chi connectivity index (χ1n) is 19.7. The third-order valence-corrected chi connectivity index (χ3v) is 11.5. The molecule has 9 aromatic rings. The smallest absolute Gasteiger partial charge is 0.160 e. The fraction of sp³-hybridized carbons (Fsp3) is 0.0556. The molecule has 278 valence electrons. The summed E-state index contributed by atoms with van der Waals surface area (Å²) in [6, 6.07) is 59.5. The van der Waals surface area contributed by atoms with Gasteiger partial charge >= 0.3 is 0 Å². The third kappa shape index (κ3) is 6.67. The molecule has 0 atom stereocenters. The third-order valence-electron chi connectivity index (χ3n) is 11.5. The zero-order valence-corrected chi connectivity index (χ0v) is 32.6. The Balaban J connectivity index is 1.21. The molecule has 0 bridgehead atoms. The number of fused-ring (bicyclic) bond motifs is 3. The first-order chi connectivity index (χ1) is 28.9. The molecule has 0 spiro atoms. The highest BCUT2D eigenvalue weighted by molar-refractivity contribution is 5.88. The molecule has 0 N–H and O–H groups in total. The second kappa shape index (κ2) is 14.6. The van der Waals surface area contributed by atoms with E-state index in [0.29, 0.717) is 11.4 Å². The van der Waals surface area contributed by atoms with Crippen LogP contribution in [0.15, 0.2) is 189 Å². The minimum Gasteiger partial charge on any atom is -0.264 e. The van der Waals surface area contributed by atoms with Crippen molar-refractivity contribution < 1.29 is 0 Å². The lowest BCUT2D eigenvalue weighted by Gasteiger charge is -2.22. The summed E-state index contributed by atoms with van der Waals surface area (Å²) >= 11 is 0. The monoisotopic (exact) mass is 755 g/mol. The van der Waals surface area contributed by atoms with Gasteiger partial charge in [0, 0.05) is 58.0 Å². The quantitative estimate of drug-likeness (QED) is 0.162. The number of rotatable bonds is 7. The molecule has 6 aromatic carbocycles. The number of hydrogen-bond donors (Lipinski definition) is 0. The van der Waals surface area contributed by atoms with E-state index in [9.17, 15) is 5.26 Å². The Morgan fingerprint density at radius 2 is 0.881 bits per heavy atom. The van der Waals surface area contributed by atoms with E-state index < -0.39 is 0 Å². The molecule has 1 aliphatic carbocycles. The lowest BCUT2D eigenvalue weighted by molar-refractivity contribution is 0.660. The Labute approximate surface area is 344 Å². The Morgan fingerprint density at radius 1 is 0.407 bits per heavy atom. The van der Waals surface area contributed by atoms with Crippen molar-refractivity contribution in [3.8, 4) is 95.6 Å². The molecule has 5 heteroatoms. The minimum absolute atomic E-state index is 0.285. The fourth-order valence-electron chi connectivity index (χ4n) is 8.36. The fourth-order valence-corrected chi connectivity index (χ4v) is 8.36. The highest BCUT2D eigenvalue weighted by Gasteiger charge is 2.36. The second-order valence-corrected chi connectivity index (χ2v) is 15.5. The maximum atomic E-state index is 9.75. The molecule has 0 unspecified atom stereocenters. The van der Waals surface area contributed by atoms with Crippen LogP contribution >= 0.6 is 0 Å². The van der Waals surface area contributed by atoms with Crippen molar-refractivity contribution in [1.29, 1.82) is 5.26 Å². The topological polar surface area (TPSA) is 75.3 Å². The van der Waals surface area contributed by atoms with E-state index in [1.165, 1.54) is 22.3 Å². The summed E-state index contributed by atoms with van der Waals surface area (Å²) < 4.78 is 0. The zero-order chi connectivity index (χ0) is 39.9. The number of pyridine rings is 2. The van der Waals surface area contributed by atoms with Crippen LogP contribution in [-0.2, 0) is 5.41 Å². The van der Waals surface area contributed by atoms with Crippen LogP contribution in [0.3, 0.4) is 0 Å². The molecule has 3 aromatic heterocycles. The van der Waals surface area contributed by atoms with Crippen LogP contribution in [0.25, 0.3) is 89.5 Å². The van der Waals surface area contributed by atoms with Gasteiger partial charge in [0.05, 0.1) is 23.0 Å². The average molecular weight is 756 g/mol. The first-order valence-corrected chi connectivity index (χ1v) is 19.7. The summed E-state index contributed by atoms with van der Waals surface area (Å²) in [5.74, 6) is 0.667. The van der Waals surface area contributed by atoms with Gasteiger partial charge in [0.15, 0.2) is 5.82 Å². The summed E-state index contributed by atoms with van der Waals surface area (Å²) in [5, 5.41) is 9.75. The van der Waals surface area contributed by atoms with Gasteiger partial charge in [-0.05, 0) is 128 Å². The second-order valence-electron chi connectivity index (χ2n) is 15.5. The minimum atomic E-state index is -0.285. The molecule has 0 fully saturated rings. The molecule has 0 saturated heterocycles. The lowest BCUT2D eigenvalue weighted by Crippen LogP contribution is -2.15. The molecule has 0 amide bonds. The van der Waals surface area contributed by atoms with Crippen LogP contribution in [0.4, 0.5) is 0 Å². The summed E-state index contributed by atoms with van der Waals surface area (Å²) in [4.78, 5) is 19.3. The van der Waals surface area contributed by atoms with E-state index in [1.807, 2.05) is 73.1 Å². The SMILES string of the molecule is CC1(C)c2cc(C#N)ccc2-c2ccc(-c3cc(-c4cc(-c5cccnc5)cc(-c5cccnc5)c4)cc(-c4cc(-c5ccccc5)nc(-c5ccccc5)n4)c3)cc21. The zero-order valence-electron chi connectivity index (χ0n) is 32.6. The van der Waals surface area contributed by atoms with E-state index in [0.717, 1.165) is 72.6 Å². The highest BCUT2D eigenvalue weighted by atomic mass is 14.9. The van der Waals surface area contributed by atoms with Gasteiger partial charge in [-0.25, -0.2) is 9.97 Å². The first kappa shape index (κ1) is 35.6. The Hall–Kier alpha value is -7.81. The van der Waals surface area contributed by atoms with E-state index in [2.05, 4.69) is 133 Å². The molecule has 0 radical (unpaired) electrons. The van der Waals surface area contributed by atoms with Gasteiger partial charge in [0.2, 0.25) is 0 Å². The van der Waals surface area contributed by atoms with E-state index in [-0.39, 0.29) is 5.41 Å². The molecule has 59 heavy (non-hydrogen) atoms. The van der Waals surface area contributed by atoms with Gasteiger partial charge < -0.3 is 0 Å². The van der Waals surface area contributed by atoms with Crippen molar-refractivity contribution >= 4 is 0 Å². The van der Waals surface area contributed by atoms with Crippen molar-refractivity contribution in [3.63, 3.8) is 0 Å². The predicted molar refractivity (Wildman–Crippen MR) is 238 cm³/mol. The Kier molecular flexibility index (Phi) is 8.81. The number of benzene rings is 6. The largest absolute Gasteiger partial charge is 0.264 e. The van der Waals surface area contributed by atoms with E-state index >= 15 is 0 Å². The molecule has 0 aliphatic heterocycles. The molecular weight excluding hydrogens is 719 g/mol. The van der Waals surface area contributed by atoms with Crippen LogP contribution < -0.4 is 0 Å². The van der Waals surface area contributed by atoms with Crippen molar-refractivity contribution in [2.24, 2.45) is 0 Å². The van der Waals surface area contributed by atoms with Gasteiger partial charge in [-0.2, -0.15) is 5.26 Å². The molecule has 10 rings (SSSR count). The molecule has 0 saturated carbocycles. The lowest BCUT2D eigenvalue weighted by atomic mass is 9.81. The van der Waals surface area contributed by atoms with E-state index in [4.69, 9.17) is 9.97 Å². The molecule has 3 heterocycles. The normalized spacial score (nSPS) is 12.4. The van der Waals surface area contributed by atoms with Crippen LogP contribution in [0, 0.1) is 11.3 Å². The number of nitrogens with zero attached hydrogens (tertiary/aromatic N) is 5. The maximum Gasteiger partial charge on any atom is 0.160 e. The average Bonchev–Trinajstić information content (AvgIpc) is 3.54. The molecular formula is C54H37N5. The number of aromatic nitrogens is 4. The Morgan fingerprint density at radius 3 is 1.44 bits per heavy atom. The van der Waals surface area contributed by atoms with Gasteiger partial charge in [-0.1, -0.05) is 105 Å². The van der Waals surface area contributed by atoms with Gasteiger partial charge in [0.25, 0.3) is 0 Å². The van der Waals surface area contributed by atoms with Crippen LogP contribution in [-0.4, -0.2) is 19.9 Å². The van der Waals surface area contributed by atoms with Crippen molar-refractivity contribution in [3.05, 3.63) is 205 Å². The van der Waals surface area contributed by atoms with Gasteiger partial charge in [0.1, 0.15) is 0 Å². The van der Waals surface area contributed by atoms with Crippen molar-refractivity contribution in [1.82, 2.24) is 19.9 Å². The van der Waals surface area contributed by atoms with Crippen LogP contribution in [0.2, 0.25) is 0 Å². The van der Waals surface area contributed by atoms with Gasteiger partial charge in [-0.3, -0.25) is 9.97 Å². The van der Waals surface area contributed by atoms with E-state index in [1.54, 1.807) is 12.4 Å². The van der Waals surface area contributed by atoms with Crippen molar-refractivity contribution in [2.45, 2.75) is 19.3 Å². The van der Waals surface area contributed by atoms with Gasteiger partial charge in [-0.15, -0.1) is 0 Å². The maximum absolute atomic E-state index is 9.75. The summed E-state index contributed by atoms with van der Waals surface area (Å²) in [6.07, 6.45) is 7.43. The summed E-state index contributed by atoms with van der Waals surface area (Å²) in [7, 11) is 0. The summed E-state index contributed by atoms with van der Waals surface area (Å²) in [6.45, 7) is 4.51. The number of hydrogen-bond acceptors (Lipinski definition) is 5. The predicted octanol–water partition coefficient (Wildman–Crippen LogP) is 13.1. The standard InChI is InChI=1S/C54H37N5/c1-54(2)49-23-35(32-55)17-19-47(49)48-20-18-38(30-50(48)54)41-24-45(44-26-42(39-15-9-21-56-33-39)25-43(27-44)40-16-10-22-57-34-40)29-46(28-41)52-31-51(36-11-5-3-6-12-36)58-53(59-52)37-13-7-4-8-14-37/h3-31,33-34H,1-2H3. The summed E-state index contributed by atoms with van der Waals surface area (Å²) in [5.41, 5.74) is 18.3. The molecule has 5 nitrogen and oxygen atoms in total. The highest BCUT2D eigenvalue weighted by Crippen LogP contribution is 2.50.